The van der Waals surface area contributed by atoms with Gasteiger partial charge in [-0.2, -0.15) is 11.8 Å². The van der Waals surface area contributed by atoms with Crippen LogP contribution in [-0.4, -0.2) is 20.8 Å². The van der Waals surface area contributed by atoms with Gasteiger partial charge in [-0.05, 0) is 26.0 Å². The minimum Gasteiger partial charge on any atom is -0.308 e. The quantitative estimate of drug-likeness (QED) is 0.875. The average molecular weight is 253 g/mol. The predicted molar refractivity (Wildman–Crippen MR) is 75.1 cm³/mol. The van der Waals surface area contributed by atoms with Crippen molar-refractivity contribution in [3.63, 3.8) is 0 Å². The Morgan fingerprint density at radius 2 is 1.82 bits per heavy atom. The van der Waals surface area contributed by atoms with E-state index in [4.69, 9.17) is 0 Å². The molecule has 0 spiro atoms. The summed E-state index contributed by atoms with van der Waals surface area (Å²) in [6.07, 6.45) is 3.84. The maximum Gasteiger partial charge on any atom is 0.138 e. The van der Waals surface area contributed by atoms with Gasteiger partial charge in [0.15, 0.2) is 0 Å². The van der Waals surface area contributed by atoms with Crippen LogP contribution in [0.4, 0.5) is 0 Å². The van der Waals surface area contributed by atoms with Crippen molar-refractivity contribution in [1.29, 1.82) is 0 Å². The van der Waals surface area contributed by atoms with E-state index < -0.39 is 0 Å². The minimum absolute atomic E-state index is 0.131. The van der Waals surface area contributed by atoms with Gasteiger partial charge in [0.25, 0.3) is 0 Å². The van der Waals surface area contributed by atoms with Crippen molar-refractivity contribution in [3.05, 3.63) is 23.8 Å². The predicted octanol–water partition coefficient (Wildman–Crippen LogP) is 3.01. The third-order valence-electron chi connectivity index (χ3n) is 2.13. The van der Waals surface area contributed by atoms with E-state index in [9.17, 15) is 0 Å². The third kappa shape index (κ3) is 6.64. The Kier molecular flexibility index (Phi) is 5.40. The molecule has 0 atom stereocenters. The summed E-state index contributed by atoms with van der Waals surface area (Å²) in [7, 11) is 0. The Morgan fingerprint density at radius 3 is 2.29 bits per heavy atom. The Bertz CT molecular complexity index is 328. The van der Waals surface area contributed by atoms with E-state index in [1.165, 1.54) is 0 Å². The number of aromatic nitrogens is 2. The second-order valence-corrected chi connectivity index (χ2v) is 7.04. The molecule has 0 saturated carbocycles. The lowest BCUT2D eigenvalue weighted by Gasteiger charge is -2.20. The van der Waals surface area contributed by atoms with Gasteiger partial charge in [0.1, 0.15) is 5.82 Å². The van der Waals surface area contributed by atoms with Crippen LogP contribution in [0.25, 0.3) is 0 Å². The molecule has 0 aliphatic carbocycles. The smallest absolute Gasteiger partial charge is 0.138 e. The maximum atomic E-state index is 4.38. The van der Waals surface area contributed by atoms with Crippen molar-refractivity contribution in [2.75, 3.05) is 0 Å². The maximum absolute atomic E-state index is 4.38. The molecular weight excluding hydrogens is 230 g/mol. The van der Waals surface area contributed by atoms with Crippen LogP contribution in [0.2, 0.25) is 0 Å². The van der Waals surface area contributed by atoms with Gasteiger partial charge >= 0.3 is 0 Å². The van der Waals surface area contributed by atoms with Crippen LogP contribution < -0.4 is 5.32 Å². The fraction of sp³-hybridized carbons (Fsp3) is 0.692. The summed E-state index contributed by atoms with van der Waals surface area (Å²) < 4.78 is 0. The molecule has 0 unspecified atom stereocenters. The fourth-order valence-corrected chi connectivity index (χ4v) is 1.79. The Hall–Kier alpha value is -0.610. The largest absolute Gasteiger partial charge is 0.308 e. The summed E-state index contributed by atoms with van der Waals surface area (Å²) in [6.45, 7) is 11.7. The van der Waals surface area contributed by atoms with Gasteiger partial charge in [-0.1, -0.05) is 13.8 Å². The lowest BCUT2D eigenvalue weighted by atomic mass is 10.1. The van der Waals surface area contributed by atoms with E-state index in [1.807, 2.05) is 24.2 Å². The second-order valence-electron chi connectivity index (χ2n) is 5.47. The van der Waals surface area contributed by atoms with Crippen LogP contribution in [0.3, 0.4) is 0 Å². The molecule has 0 radical (unpaired) electrons. The van der Waals surface area contributed by atoms with Crippen LogP contribution in [0.5, 0.6) is 0 Å². The Labute approximate surface area is 109 Å². The summed E-state index contributed by atoms with van der Waals surface area (Å²) >= 11 is 1.87. The highest BCUT2D eigenvalue weighted by Crippen LogP contribution is 2.14. The molecule has 1 aromatic rings. The Morgan fingerprint density at radius 1 is 1.24 bits per heavy atom. The van der Waals surface area contributed by atoms with Crippen molar-refractivity contribution in [2.45, 2.75) is 57.7 Å². The van der Waals surface area contributed by atoms with Gasteiger partial charge in [-0.25, -0.2) is 9.97 Å². The monoisotopic (exact) mass is 253 g/mol. The number of hydrogen-bond acceptors (Lipinski definition) is 4. The normalized spacial score (nSPS) is 12.1. The first-order chi connectivity index (χ1) is 7.87. The molecule has 0 aliphatic heterocycles. The van der Waals surface area contributed by atoms with E-state index in [1.54, 1.807) is 0 Å². The third-order valence-corrected chi connectivity index (χ3v) is 3.22. The summed E-state index contributed by atoms with van der Waals surface area (Å²) in [4.78, 5) is 8.76. The SMILES string of the molecule is CC(C)SCc1ncc(CNC(C)(C)C)cn1. The zero-order valence-electron chi connectivity index (χ0n) is 11.4. The van der Waals surface area contributed by atoms with Crippen LogP contribution in [0.1, 0.15) is 46.0 Å². The molecule has 0 fully saturated rings. The van der Waals surface area contributed by atoms with Gasteiger partial charge in [0.05, 0.1) is 5.75 Å². The highest BCUT2D eigenvalue weighted by atomic mass is 32.2. The zero-order valence-corrected chi connectivity index (χ0v) is 12.3. The first kappa shape index (κ1) is 14.5. The molecule has 1 N–H and O–H groups in total. The molecule has 0 bridgehead atoms. The van der Waals surface area contributed by atoms with Crippen molar-refractivity contribution in [3.8, 4) is 0 Å². The van der Waals surface area contributed by atoms with Gasteiger partial charge in [0, 0.05) is 30.0 Å². The molecule has 4 heteroatoms. The van der Waals surface area contributed by atoms with Crippen LogP contribution in [-0.2, 0) is 12.3 Å². The zero-order chi connectivity index (χ0) is 12.9. The molecule has 1 heterocycles. The average Bonchev–Trinajstić information content (AvgIpc) is 2.24. The highest BCUT2D eigenvalue weighted by molar-refractivity contribution is 7.99. The first-order valence-corrected chi connectivity index (χ1v) is 7.08. The molecule has 1 aromatic heterocycles. The topological polar surface area (TPSA) is 37.8 Å². The van der Waals surface area contributed by atoms with E-state index in [-0.39, 0.29) is 5.54 Å². The molecule has 3 nitrogen and oxygen atoms in total. The van der Waals surface area contributed by atoms with Gasteiger partial charge in [-0.15, -0.1) is 0 Å². The first-order valence-electron chi connectivity index (χ1n) is 6.03. The highest BCUT2D eigenvalue weighted by Gasteiger charge is 2.08. The number of rotatable bonds is 5. The molecule has 96 valence electrons. The van der Waals surface area contributed by atoms with E-state index in [0.717, 1.165) is 23.7 Å². The summed E-state index contributed by atoms with van der Waals surface area (Å²) in [5.74, 6) is 1.81. The number of nitrogens with zero attached hydrogens (tertiary/aromatic N) is 2. The molecule has 0 saturated heterocycles. The molecule has 0 aromatic carbocycles. The lowest BCUT2D eigenvalue weighted by Crippen LogP contribution is -2.35. The Balaban J connectivity index is 2.45. The fourth-order valence-electron chi connectivity index (χ4n) is 1.16. The molecule has 1 rings (SSSR count). The number of hydrogen-bond donors (Lipinski definition) is 1. The molecule has 17 heavy (non-hydrogen) atoms. The van der Waals surface area contributed by atoms with Gasteiger partial charge in [-0.3, -0.25) is 0 Å². The second kappa shape index (κ2) is 6.36. The summed E-state index contributed by atoms with van der Waals surface area (Å²) in [5, 5.41) is 4.05. The van der Waals surface area contributed by atoms with Crippen LogP contribution >= 0.6 is 11.8 Å². The lowest BCUT2D eigenvalue weighted by molar-refractivity contribution is 0.423. The molecular formula is C13H23N3S. The summed E-state index contributed by atoms with van der Waals surface area (Å²) in [6, 6.07) is 0. The molecule has 0 aliphatic rings. The van der Waals surface area contributed by atoms with Crippen LogP contribution in [0.15, 0.2) is 12.4 Å². The van der Waals surface area contributed by atoms with E-state index in [2.05, 4.69) is 49.9 Å². The minimum atomic E-state index is 0.131. The van der Waals surface area contributed by atoms with E-state index in [0.29, 0.717) is 5.25 Å². The van der Waals surface area contributed by atoms with Crippen molar-refractivity contribution < 1.29 is 0 Å². The van der Waals surface area contributed by atoms with Gasteiger partial charge in [0.2, 0.25) is 0 Å². The summed E-state index contributed by atoms with van der Waals surface area (Å²) in [5.41, 5.74) is 1.27. The van der Waals surface area contributed by atoms with E-state index >= 15 is 0 Å². The standard InChI is InChI=1S/C13H23N3S/c1-10(2)17-9-12-14-6-11(7-15-12)8-16-13(3,4)5/h6-7,10,16H,8-9H2,1-5H3. The number of thioether (sulfide) groups is 1. The van der Waals surface area contributed by atoms with Crippen LogP contribution in [0, 0.1) is 0 Å². The van der Waals surface area contributed by atoms with Gasteiger partial charge < -0.3 is 5.32 Å². The molecule has 0 amide bonds. The van der Waals surface area contributed by atoms with Crippen molar-refractivity contribution in [2.24, 2.45) is 0 Å². The number of nitrogens with one attached hydrogen (secondary N) is 1. The van der Waals surface area contributed by atoms with Crippen molar-refractivity contribution >= 4 is 11.8 Å². The van der Waals surface area contributed by atoms with Crippen molar-refractivity contribution in [1.82, 2.24) is 15.3 Å².